The van der Waals surface area contributed by atoms with Crippen molar-refractivity contribution in [2.24, 2.45) is 0 Å². The third kappa shape index (κ3) is 5.55. The van der Waals surface area contributed by atoms with Gasteiger partial charge in [-0.2, -0.15) is 0 Å². The van der Waals surface area contributed by atoms with Crippen molar-refractivity contribution < 1.29 is 14.1 Å². The zero-order valence-corrected chi connectivity index (χ0v) is 14.9. The van der Waals surface area contributed by atoms with Crippen molar-refractivity contribution in [1.29, 1.82) is 0 Å². The van der Waals surface area contributed by atoms with Gasteiger partial charge in [0.1, 0.15) is 11.0 Å². The number of carbonyl (C=O) groups excluding carboxylic acids is 1. The van der Waals surface area contributed by atoms with Gasteiger partial charge in [-0.25, -0.2) is 14.4 Å². The van der Waals surface area contributed by atoms with Gasteiger partial charge in [-0.05, 0) is 42.5 Å². The molecule has 3 aromatic rings. The Kier molecular flexibility index (Phi) is 6.90. The fraction of sp³-hybridized carbons (Fsp3) is 0.0556. The molecule has 1 N–H and O–H groups in total. The van der Waals surface area contributed by atoms with E-state index < -0.39 is 4.92 Å². The van der Waals surface area contributed by atoms with Crippen LogP contribution in [0.5, 0.6) is 0 Å². The van der Waals surface area contributed by atoms with Crippen molar-refractivity contribution >= 4 is 29.4 Å². The molecule has 27 heavy (non-hydrogen) atoms. The minimum Gasteiger partial charge on any atom is -0.367 e. The molecule has 2 aromatic heterocycles. The van der Waals surface area contributed by atoms with Gasteiger partial charge >= 0.3 is 5.69 Å². The summed E-state index contributed by atoms with van der Waals surface area (Å²) in [4.78, 5) is 28.1. The van der Waals surface area contributed by atoms with Gasteiger partial charge in [-0.1, -0.05) is 11.6 Å². The fourth-order valence-electron chi connectivity index (χ4n) is 2.02. The number of rotatable bonds is 4. The molecule has 0 bridgehead atoms. The number of benzene rings is 1. The van der Waals surface area contributed by atoms with Crippen molar-refractivity contribution in [1.82, 2.24) is 9.97 Å². The van der Waals surface area contributed by atoms with Crippen molar-refractivity contribution in [3.8, 4) is 11.3 Å². The number of hydrogen-bond acceptors (Lipinski definition) is 6. The van der Waals surface area contributed by atoms with Crippen molar-refractivity contribution in [3.05, 3.63) is 81.4 Å². The predicted molar refractivity (Wildman–Crippen MR) is 100 cm³/mol. The summed E-state index contributed by atoms with van der Waals surface area (Å²) >= 11 is 5.44. The third-order valence-corrected chi connectivity index (χ3v) is 3.56. The molecular formula is C18H14ClFN4O3. The number of halogens is 2. The molecule has 138 valence electrons. The second-order valence-corrected chi connectivity index (χ2v) is 5.50. The number of pyridine rings is 2. The highest BCUT2D eigenvalue weighted by Gasteiger charge is 2.15. The van der Waals surface area contributed by atoms with Crippen molar-refractivity contribution in [2.45, 2.75) is 0 Å². The molecule has 0 atom stereocenters. The first kappa shape index (κ1) is 19.9. The average molecular weight is 389 g/mol. The lowest BCUT2D eigenvalue weighted by Crippen LogP contribution is -2.00. The average Bonchev–Trinajstić information content (AvgIpc) is 2.69. The Bertz CT molecular complexity index is 934. The topological polar surface area (TPSA) is 98.0 Å². The van der Waals surface area contributed by atoms with E-state index in [9.17, 15) is 19.3 Å². The molecule has 2 heterocycles. The van der Waals surface area contributed by atoms with Crippen molar-refractivity contribution in [2.75, 3.05) is 12.4 Å². The van der Waals surface area contributed by atoms with E-state index in [4.69, 9.17) is 11.6 Å². The van der Waals surface area contributed by atoms with Crippen LogP contribution in [0.4, 0.5) is 15.9 Å². The van der Waals surface area contributed by atoms with Crippen LogP contribution in [0, 0.1) is 15.9 Å². The van der Waals surface area contributed by atoms with Gasteiger partial charge < -0.3 is 5.32 Å². The van der Waals surface area contributed by atoms with E-state index in [2.05, 4.69) is 15.3 Å². The van der Waals surface area contributed by atoms with Crippen LogP contribution < -0.4 is 5.32 Å². The summed E-state index contributed by atoms with van der Waals surface area (Å²) in [6.45, 7) is 0. The van der Waals surface area contributed by atoms with Crippen LogP contribution in [0.15, 0.2) is 54.7 Å². The van der Waals surface area contributed by atoms with E-state index in [0.717, 1.165) is 6.29 Å². The smallest absolute Gasteiger partial charge is 0.311 e. The number of aldehydes is 1. The lowest BCUT2D eigenvalue weighted by atomic mass is 10.1. The number of aromatic nitrogens is 2. The second kappa shape index (κ2) is 9.35. The minimum atomic E-state index is -0.507. The molecule has 0 spiro atoms. The minimum absolute atomic E-state index is 0.0941. The van der Waals surface area contributed by atoms with E-state index in [0.29, 0.717) is 22.0 Å². The summed E-state index contributed by atoms with van der Waals surface area (Å²) in [6, 6.07) is 11.9. The first-order chi connectivity index (χ1) is 12.9. The molecule has 9 heteroatoms. The molecule has 0 aliphatic carbocycles. The summed E-state index contributed by atoms with van der Waals surface area (Å²) in [6.07, 6.45) is 2.15. The normalized spacial score (nSPS) is 9.74. The van der Waals surface area contributed by atoms with Crippen LogP contribution in [0.3, 0.4) is 0 Å². The van der Waals surface area contributed by atoms with E-state index in [-0.39, 0.29) is 17.3 Å². The molecule has 3 rings (SSSR count). The fourth-order valence-corrected chi connectivity index (χ4v) is 2.13. The summed E-state index contributed by atoms with van der Waals surface area (Å²) in [5.41, 5.74) is 1.69. The first-order valence-electron chi connectivity index (χ1n) is 7.60. The maximum absolute atomic E-state index is 12.8. The quantitative estimate of drug-likeness (QED) is 0.308. The Labute approximate surface area is 159 Å². The molecule has 0 saturated carbocycles. The van der Waals surface area contributed by atoms with Crippen LogP contribution in [0.1, 0.15) is 10.4 Å². The van der Waals surface area contributed by atoms with Crippen LogP contribution in [-0.4, -0.2) is 28.2 Å². The third-order valence-electron chi connectivity index (χ3n) is 3.33. The molecule has 0 unspecified atom stereocenters. The largest absolute Gasteiger partial charge is 0.367 e. The van der Waals surface area contributed by atoms with Crippen LogP contribution >= 0.6 is 11.6 Å². The summed E-state index contributed by atoms with van der Waals surface area (Å²) in [5, 5.41) is 13.8. The van der Waals surface area contributed by atoms with E-state index in [1.54, 1.807) is 31.3 Å². The highest BCUT2D eigenvalue weighted by atomic mass is 35.5. The molecule has 0 aliphatic heterocycles. The van der Waals surface area contributed by atoms with E-state index in [1.165, 1.54) is 30.5 Å². The molecule has 0 fully saturated rings. The molecule has 7 nitrogen and oxygen atoms in total. The lowest BCUT2D eigenvalue weighted by molar-refractivity contribution is -0.384. The second-order valence-electron chi connectivity index (χ2n) is 5.11. The maximum Gasteiger partial charge on any atom is 0.311 e. The van der Waals surface area contributed by atoms with Gasteiger partial charge in [0.2, 0.25) is 5.82 Å². The van der Waals surface area contributed by atoms with Gasteiger partial charge in [-0.3, -0.25) is 14.9 Å². The zero-order chi connectivity index (χ0) is 19.8. The van der Waals surface area contributed by atoms with Crippen LogP contribution in [-0.2, 0) is 0 Å². The Morgan fingerprint density at radius 3 is 2.37 bits per heavy atom. The van der Waals surface area contributed by atoms with Gasteiger partial charge in [-0.15, -0.1) is 0 Å². The zero-order valence-electron chi connectivity index (χ0n) is 14.1. The van der Waals surface area contributed by atoms with Gasteiger partial charge in [0.15, 0.2) is 6.29 Å². The number of nitro groups is 1. The molecular weight excluding hydrogens is 375 g/mol. The van der Waals surface area contributed by atoms with Crippen molar-refractivity contribution in [3.63, 3.8) is 0 Å². The summed E-state index contributed by atoms with van der Waals surface area (Å²) in [5.74, 6) is -0.156. The molecule has 0 aliphatic rings. The van der Waals surface area contributed by atoms with Gasteiger partial charge in [0.25, 0.3) is 0 Å². The monoisotopic (exact) mass is 388 g/mol. The molecule has 0 amide bonds. The van der Waals surface area contributed by atoms with Crippen LogP contribution in [0.25, 0.3) is 11.3 Å². The SMILES string of the molecule is CNc1nc(-c2ccc(F)cc2)ccc1[N+](=O)[O-].O=Cc1ccc(Cl)nc1. The standard InChI is InChI=1S/C12H10FN3O2.C6H4ClNO/c1-14-12-11(16(17)18)7-6-10(15-12)8-2-4-9(13)5-3-8;7-6-2-1-5(4-9)3-8-6/h2-7H,1H3,(H,14,15);1-4H. The molecule has 0 saturated heterocycles. The highest BCUT2D eigenvalue weighted by molar-refractivity contribution is 6.29. The Morgan fingerprint density at radius 2 is 1.85 bits per heavy atom. The number of nitrogens with one attached hydrogen (secondary N) is 1. The highest BCUT2D eigenvalue weighted by Crippen LogP contribution is 2.26. The predicted octanol–water partition coefficient (Wildman–Crippen LogP) is 4.39. The Balaban J connectivity index is 0.000000244. The molecule has 0 radical (unpaired) electrons. The van der Waals surface area contributed by atoms with Crippen LogP contribution in [0.2, 0.25) is 5.15 Å². The Morgan fingerprint density at radius 1 is 1.15 bits per heavy atom. The summed E-state index contributed by atoms with van der Waals surface area (Å²) in [7, 11) is 1.56. The lowest BCUT2D eigenvalue weighted by Gasteiger charge is -2.05. The van der Waals surface area contributed by atoms with E-state index in [1.807, 2.05) is 0 Å². The Hall–Kier alpha value is -3.39. The van der Waals surface area contributed by atoms with Gasteiger partial charge in [0, 0.05) is 30.4 Å². The van der Waals surface area contributed by atoms with Gasteiger partial charge in [0.05, 0.1) is 10.6 Å². The number of hydrogen-bond donors (Lipinski definition) is 1. The number of anilines is 1. The maximum atomic E-state index is 12.8. The van der Waals surface area contributed by atoms with E-state index >= 15 is 0 Å². The number of carbonyl (C=O) groups is 1. The first-order valence-corrected chi connectivity index (χ1v) is 7.98. The number of nitrogens with zero attached hydrogens (tertiary/aromatic N) is 3. The summed E-state index contributed by atoms with van der Waals surface area (Å²) < 4.78 is 12.8. The molecule has 1 aromatic carbocycles.